The Morgan fingerprint density at radius 3 is 2.56 bits per heavy atom. The second kappa shape index (κ2) is 8.09. The number of carboxylic acids is 1. The fraction of sp³-hybridized carbons (Fsp3) is 0.100. The molecule has 0 fully saturated rings. The van der Waals surface area contributed by atoms with Gasteiger partial charge in [-0.15, -0.1) is 0 Å². The van der Waals surface area contributed by atoms with Crippen LogP contribution in [-0.4, -0.2) is 29.5 Å². The van der Waals surface area contributed by atoms with Crippen LogP contribution < -0.4 is 9.47 Å². The number of aromatic carboxylic acids is 1. The average molecular weight is 367 g/mol. The molecule has 0 atom stereocenters. The summed E-state index contributed by atoms with van der Waals surface area (Å²) in [4.78, 5) is 15.2. The van der Waals surface area contributed by atoms with Crippen molar-refractivity contribution in [1.82, 2.24) is 0 Å². The van der Waals surface area contributed by atoms with Gasteiger partial charge in [-0.05, 0) is 60.2 Å². The minimum Gasteiger partial charge on any atom is -0.508 e. The monoisotopic (exact) mass is 367 g/mol. The first-order valence-corrected chi connectivity index (χ1v) is 8.01. The molecular formula is C20H17NO6. The van der Waals surface area contributed by atoms with E-state index in [4.69, 9.17) is 19.0 Å². The van der Waals surface area contributed by atoms with E-state index >= 15 is 0 Å². The van der Waals surface area contributed by atoms with Crippen molar-refractivity contribution in [2.45, 2.75) is 6.61 Å². The van der Waals surface area contributed by atoms with Crippen molar-refractivity contribution in [3.8, 4) is 17.2 Å². The number of hydrogen-bond acceptors (Lipinski definition) is 6. The zero-order chi connectivity index (χ0) is 19.2. The Kier molecular flexibility index (Phi) is 5.41. The Bertz CT molecular complexity index is 959. The number of nitrogens with zero attached hydrogens (tertiary/aromatic N) is 1. The summed E-state index contributed by atoms with van der Waals surface area (Å²) in [5, 5.41) is 18.1. The second-order valence-electron chi connectivity index (χ2n) is 5.54. The topological polar surface area (TPSA) is 101 Å². The summed E-state index contributed by atoms with van der Waals surface area (Å²) in [5.74, 6) is 0.316. The van der Waals surface area contributed by atoms with Crippen molar-refractivity contribution in [3.05, 3.63) is 71.7 Å². The van der Waals surface area contributed by atoms with Crippen molar-refractivity contribution < 1.29 is 28.9 Å². The molecule has 1 heterocycles. The molecule has 7 heteroatoms. The predicted molar refractivity (Wildman–Crippen MR) is 98.4 cm³/mol. The predicted octanol–water partition coefficient (Wildman–Crippen LogP) is 4.02. The van der Waals surface area contributed by atoms with E-state index in [0.29, 0.717) is 22.9 Å². The molecular weight excluding hydrogens is 350 g/mol. The van der Waals surface area contributed by atoms with Crippen molar-refractivity contribution in [1.29, 1.82) is 0 Å². The third-order valence-electron chi connectivity index (χ3n) is 3.64. The lowest BCUT2D eigenvalue weighted by Gasteiger charge is -2.10. The number of phenolic OH excluding ortho intramolecular Hbond substituents is 1. The van der Waals surface area contributed by atoms with Crippen LogP contribution in [0.25, 0.3) is 0 Å². The van der Waals surface area contributed by atoms with Crippen LogP contribution in [0.4, 0.5) is 5.69 Å². The molecule has 0 bridgehead atoms. The maximum atomic E-state index is 10.8. The van der Waals surface area contributed by atoms with Gasteiger partial charge in [-0.25, -0.2) is 4.79 Å². The van der Waals surface area contributed by atoms with Gasteiger partial charge in [-0.2, -0.15) is 0 Å². The first-order valence-electron chi connectivity index (χ1n) is 8.01. The molecule has 0 saturated heterocycles. The molecule has 3 rings (SSSR count). The zero-order valence-electron chi connectivity index (χ0n) is 14.5. The van der Waals surface area contributed by atoms with Crippen LogP contribution in [0.15, 0.2) is 64.0 Å². The highest BCUT2D eigenvalue weighted by atomic mass is 16.5. The van der Waals surface area contributed by atoms with E-state index in [1.54, 1.807) is 48.7 Å². The summed E-state index contributed by atoms with van der Waals surface area (Å²) in [5.41, 5.74) is 1.51. The minimum atomic E-state index is -1.13. The van der Waals surface area contributed by atoms with Crippen LogP contribution in [0, 0.1) is 0 Å². The summed E-state index contributed by atoms with van der Waals surface area (Å²) in [7, 11) is 1.53. The first-order chi connectivity index (χ1) is 13.0. The van der Waals surface area contributed by atoms with E-state index in [1.807, 2.05) is 6.07 Å². The number of hydrogen-bond donors (Lipinski definition) is 2. The largest absolute Gasteiger partial charge is 0.508 e. The number of methoxy groups -OCH3 is 1. The van der Waals surface area contributed by atoms with Crippen LogP contribution >= 0.6 is 0 Å². The molecule has 0 spiro atoms. The average Bonchev–Trinajstić information content (AvgIpc) is 3.15. The quantitative estimate of drug-likeness (QED) is 0.612. The van der Waals surface area contributed by atoms with Crippen LogP contribution in [0.2, 0.25) is 0 Å². The number of aromatic hydroxyl groups is 1. The van der Waals surface area contributed by atoms with Crippen molar-refractivity contribution >= 4 is 17.9 Å². The fourth-order valence-electron chi connectivity index (χ4n) is 2.29. The number of phenols is 1. The normalized spacial score (nSPS) is 10.9. The highest BCUT2D eigenvalue weighted by Crippen LogP contribution is 2.29. The van der Waals surface area contributed by atoms with Gasteiger partial charge < -0.3 is 24.1 Å². The number of carbonyl (C=O) groups is 1. The number of carboxylic acid groups (broad SMARTS) is 1. The molecule has 0 amide bonds. The highest BCUT2D eigenvalue weighted by molar-refractivity contribution is 5.84. The molecule has 2 N–H and O–H groups in total. The minimum absolute atomic E-state index is 0.0740. The third kappa shape index (κ3) is 4.66. The van der Waals surface area contributed by atoms with Gasteiger partial charge >= 0.3 is 5.97 Å². The first kappa shape index (κ1) is 18.1. The van der Waals surface area contributed by atoms with Crippen LogP contribution in [0.5, 0.6) is 17.2 Å². The van der Waals surface area contributed by atoms with E-state index in [0.717, 1.165) is 5.56 Å². The van der Waals surface area contributed by atoms with Gasteiger partial charge in [0.1, 0.15) is 18.1 Å². The number of furan rings is 1. The molecule has 1 aromatic heterocycles. The molecule has 0 radical (unpaired) electrons. The number of aliphatic imine (C=N–C) groups is 1. The second-order valence-corrected chi connectivity index (χ2v) is 5.54. The van der Waals surface area contributed by atoms with E-state index in [1.165, 1.54) is 13.2 Å². The van der Waals surface area contributed by atoms with E-state index in [9.17, 15) is 9.90 Å². The van der Waals surface area contributed by atoms with Crippen molar-refractivity contribution in [2.75, 3.05) is 7.11 Å². The van der Waals surface area contributed by atoms with Gasteiger partial charge in [0.25, 0.3) is 0 Å². The SMILES string of the molecule is COc1cc(C=Nc2ccc(O)cc2)ccc1OCc1ccc(C(=O)O)o1. The molecule has 0 saturated carbocycles. The molecule has 0 aliphatic heterocycles. The van der Waals surface area contributed by atoms with Gasteiger partial charge in [0, 0.05) is 6.21 Å². The molecule has 0 unspecified atom stereocenters. The smallest absolute Gasteiger partial charge is 0.371 e. The van der Waals surface area contributed by atoms with Crippen molar-refractivity contribution in [2.24, 2.45) is 4.99 Å². The Hall–Kier alpha value is -3.74. The van der Waals surface area contributed by atoms with E-state index in [-0.39, 0.29) is 18.1 Å². The zero-order valence-corrected chi connectivity index (χ0v) is 14.5. The van der Waals surface area contributed by atoms with Crippen LogP contribution in [0.1, 0.15) is 21.9 Å². The fourth-order valence-corrected chi connectivity index (χ4v) is 2.29. The molecule has 138 valence electrons. The lowest BCUT2D eigenvalue weighted by atomic mass is 10.2. The van der Waals surface area contributed by atoms with Gasteiger partial charge in [-0.3, -0.25) is 4.99 Å². The van der Waals surface area contributed by atoms with Crippen LogP contribution in [-0.2, 0) is 6.61 Å². The van der Waals surface area contributed by atoms with Gasteiger partial charge in [-0.1, -0.05) is 0 Å². The third-order valence-corrected chi connectivity index (χ3v) is 3.64. The van der Waals surface area contributed by atoms with E-state index < -0.39 is 5.97 Å². The molecule has 0 aliphatic rings. The number of benzene rings is 2. The maximum absolute atomic E-state index is 10.8. The summed E-state index contributed by atoms with van der Waals surface area (Å²) in [6.45, 7) is 0.0740. The molecule has 7 nitrogen and oxygen atoms in total. The summed E-state index contributed by atoms with van der Waals surface area (Å²) >= 11 is 0. The van der Waals surface area contributed by atoms with Crippen molar-refractivity contribution in [3.63, 3.8) is 0 Å². The summed E-state index contributed by atoms with van der Waals surface area (Å²) in [6.07, 6.45) is 1.67. The Balaban J connectivity index is 1.69. The lowest BCUT2D eigenvalue weighted by Crippen LogP contribution is -1.98. The molecule has 0 aliphatic carbocycles. The Labute approximate surface area is 155 Å². The lowest BCUT2D eigenvalue weighted by molar-refractivity contribution is 0.0658. The van der Waals surface area contributed by atoms with Crippen LogP contribution in [0.3, 0.4) is 0 Å². The van der Waals surface area contributed by atoms with E-state index in [2.05, 4.69) is 4.99 Å². The maximum Gasteiger partial charge on any atom is 0.371 e. The Morgan fingerprint density at radius 1 is 1.11 bits per heavy atom. The number of rotatable bonds is 7. The standard InChI is InChI=1S/C20H17NO6/c1-25-19-10-13(11-21-14-3-5-15(22)6-4-14)2-8-17(19)26-12-16-7-9-18(27-16)20(23)24/h2-11,22H,12H2,1H3,(H,23,24). The summed E-state index contributed by atoms with van der Waals surface area (Å²) in [6, 6.07) is 14.8. The highest BCUT2D eigenvalue weighted by Gasteiger charge is 2.11. The van der Waals surface area contributed by atoms with Gasteiger partial charge in [0.15, 0.2) is 11.5 Å². The summed E-state index contributed by atoms with van der Waals surface area (Å²) < 4.78 is 16.2. The number of ether oxygens (including phenoxy) is 2. The molecule has 2 aromatic carbocycles. The Morgan fingerprint density at radius 2 is 1.89 bits per heavy atom. The van der Waals surface area contributed by atoms with Gasteiger partial charge in [0.2, 0.25) is 5.76 Å². The molecule has 27 heavy (non-hydrogen) atoms. The van der Waals surface area contributed by atoms with Gasteiger partial charge in [0.05, 0.1) is 12.8 Å². The molecule has 3 aromatic rings.